The number of rotatable bonds is 2. The van der Waals surface area contributed by atoms with Crippen molar-refractivity contribution in [2.75, 3.05) is 6.61 Å². The van der Waals surface area contributed by atoms with Gasteiger partial charge >= 0.3 is 0 Å². The maximum Gasteiger partial charge on any atom is 0.0402 e. The van der Waals surface area contributed by atoms with Gasteiger partial charge in [-0.1, -0.05) is 41.1 Å². The lowest BCUT2D eigenvalue weighted by Gasteiger charge is -1.92. The van der Waals surface area contributed by atoms with Gasteiger partial charge in [0.15, 0.2) is 0 Å². The van der Waals surface area contributed by atoms with Crippen molar-refractivity contribution >= 4 is 22.5 Å². The van der Waals surface area contributed by atoms with E-state index >= 15 is 0 Å². The average Bonchev–Trinajstić information content (AvgIpc) is 2.08. The van der Waals surface area contributed by atoms with E-state index in [-0.39, 0.29) is 6.61 Å². The molecule has 1 N–H and O–H groups in total. The molecule has 0 aliphatic carbocycles. The standard InChI is InChI=1S/C7H8S2.C2H6O/c8-9-6-7-4-2-1-3-5-7;1-2-3/h1-5,8H,6H2;3H,2H2,1H3. The highest BCUT2D eigenvalue weighted by Gasteiger charge is 1.85. The summed E-state index contributed by atoms with van der Waals surface area (Å²) >= 11 is 4.05. The number of aliphatic hydroxyl groups is 1. The molecule has 12 heavy (non-hydrogen) atoms. The van der Waals surface area contributed by atoms with Gasteiger partial charge in [-0.25, -0.2) is 0 Å². The lowest BCUT2D eigenvalue weighted by Crippen LogP contribution is -1.73. The Morgan fingerprint density at radius 3 is 2.25 bits per heavy atom. The molecular formula is C9H14OS2. The topological polar surface area (TPSA) is 20.2 Å². The van der Waals surface area contributed by atoms with Gasteiger partial charge in [0.05, 0.1) is 0 Å². The van der Waals surface area contributed by atoms with Crippen molar-refractivity contribution in [3.63, 3.8) is 0 Å². The van der Waals surface area contributed by atoms with Crippen LogP contribution >= 0.6 is 22.5 Å². The predicted octanol–water partition coefficient (Wildman–Crippen LogP) is 2.76. The van der Waals surface area contributed by atoms with Gasteiger partial charge in [-0.3, -0.25) is 0 Å². The summed E-state index contributed by atoms with van der Waals surface area (Å²) in [7, 11) is 1.55. The number of benzene rings is 1. The Morgan fingerprint density at radius 2 is 1.83 bits per heavy atom. The molecule has 0 fully saturated rings. The van der Waals surface area contributed by atoms with E-state index in [0.717, 1.165) is 5.75 Å². The summed E-state index contributed by atoms with van der Waals surface area (Å²) in [6.07, 6.45) is 0. The molecule has 0 radical (unpaired) electrons. The summed E-state index contributed by atoms with van der Waals surface area (Å²) in [4.78, 5) is 0. The van der Waals surface area contributed by atoms with Crippen LogP contribution in [0.4, 0.5) is 0 Å². The van der Waals surface area contributed by atoms with Crippen molar-refractivity contribution in [1.29, 1.82) is 0 Å². The van der Waals surface area contributed by atoms with Crippen LogP contribution in [-0.2, 0) is 5.75 Å². The van der Waals surface area contributed by atoms with Gasteiger partial charge in [0, 0.05) is 12.4 Å². The molecule has 0 aromatic heterocycles. The highest BCUT2D eigenvalue weighted by molar-refractivity contribution is 8.68. The molecule has 0 bridgehead atoms. The molecule has 1 rings (SSSR count). The number of hydrogen-bond donors (Lipinski definition) is 2. The van der Waals surface area contributed by atoms with E-state index in [1.54, 1.807) is 17.7 Å². The lowest BCUT2D eigenvalue weighted by molar-refractivity contribution is 0.318. The minimum Gasteiger partial charge on any atom is -0.397 e. The van der Waals surface area contributed by atoms with Crippen LogP contribution < -0.4 is 0 Å². The first kappa shape index (κ1) is 11.9. The molecule has 0 atom stereocenters. The zero-order valence-electron chi connectivity index (χ0n) is 7.10. The largest absolute Gasteiger partial charge is 0.397 e. The van der Waals surface area contributed by atoms with E-state index in [9.17, 15) is 0 Å². The molecule has 68 valence electrons. The third-order valence-electron chi connectivity index (χ3n) is 1.07. The summed E-state index contributed by atoms with van der Waals surface area (Å²) < 4.78 is 0. The molecule has 0 aliphatic heterocycles. The van der Waals surface area contributed by atoms with Gasteiger partial charge in [0.2, 0.25) is 0 Å². The molecule has 1 aromatic carbocycles. The van der Waals surface area contributed by atoms with E-state index in [2.05, 4.69) is 23.8 Å². The molecular weight excluding hydrogens is 188 g/mol. The van der Waals surface area contributed by atoms with Crippen LogP contribution in [0.1, 0.15) is 12.5 Å². The smallest absolute Gasteiger partial charge is 0.0402 e. The van der Waals surface area contributed by atoms with Crippen molar-refractivity contribution < 1.29 is 5.11 Å². The lowest BCUT2D eigenvalue weighted by atomic mass is 10.2. The molecule has 1 aromatic rings. The quantitative estimate of drug-likeness (QED) is 0.568. The van der Waals surface area contributed by atoms with E-state index in [4.69, 9.17) is 5.11 Å². The Kier molecular flexibility index (Phi) is 8.88. The zero-order valence-corrected chi connectivity index (χ0v) is 8.81. The monoisotopic (exact) mass is 202 g/mol. The zero-order chi connectivity index (χ0) is 9.23. The summed E-state index contributed by atoms with van der Waals surface area (Å²) in [6.45, 7) is 1.93. The third-order valence-corrected chi connectivity index (χ3v) is 1.92. The van der Waals surface area contributed by atoms with Gasteiger partial charge in [0.1, 0.15) is 0 Å². The maximum absolute atomic E-state index is 7.57. The van der Waals surface area contributed by atoms with E-state index in [1.807, 2.05) is 18.2 Å². The fourth-order valence-electron chi connectivity index (χ4n) is 0.649. The van der Waals surface area contributed by atoms with Crippen molar-refractivity contribution in [3.05, 3.63) is 35.9 Å². The third kappa shape index (κ3) is 6.58. The number of hydrogen-bond acceptors (Lipinski definition) is 3. The van der Waals surface area contributed by atoms with Crippen LogP contribution in [0.3, 0.4) is 0 Å². The first-order valence-electron chi connectivity index (χ1n) is 3.76. The second-order valence-corrected chi connectivity index (χ2v) is 3.40. The van der Waals surface area contributed by atoms with Gasteiger partial charge in [0.25, 0.3) is 0 Å². The Hall–Kier alpha value is -0.120. The van der Waals surface area contributed by atoms with Crippen molar-refractivity contribution in [1.82, 2.24) is 0 Å². The number of thiol groups is 1. The second kappa shape index (κ2) is 8.97. The Morgan fingerprint density at radius 1 is 1.33 bits per heavy atom. The van der Waals surface area contributed by atoms with Gasteiger partial charge in [-0.05, 0) is 12.5 Å². The Balaban J connectivity index is 0.000000354. The van der Waals surface area contributed by atoms with E-state index in [0.29, 0.717) is 0 Å². The Labute approximate surface area is 83.0 Å². The highest BCUT2D eigenvalue weighted by atomic mass is 33.1. The molecule has 0 heterocycles. The Bertz CT molecular complexity index is 177. The van der Waals surface area contributed by atoms with Crippen molar-refractivity contribution in [2.24, 2.45) is 0 Å². The molecule has 0 saturated heterocycles. The van der Waals surface area contributed by atoms with Crippen molar-refractivity contribution in [2.45, 2.75) is 12.7 Å². The van der Waals surface area contributed by atoms with Gasteiger partial charge in [-0.15, -0.1) is 11.7 Å². The molecule has 3 heteroatoms. The molecule has 0 aliphatic rings. The molecule has 0 spiro atoms. The second-order valence-electron chi connectivity index (χ2n) is 2.08. The SMILES string of the molecule is CCO.SSCc1ccccc1. The highest BCUT2D eigenvalue weighted by Crippen LogP contribution is 2.13. The van der Waals surface area contributed by atoms with Crippen LogP contribution in [0.2, 0.25) is 0 Å². The van der Waals surface area contributed by atoms with Crippen LogP contribution in [0.5, 0.6) is 0 Å². The predicted molar refractivity (Wildman–Crippen MR) is 59.5 cm³/mol. The van der Waals surface area contributed by atoms with Crippen molar-refractivity contribution in [3.8, 4) is 0 Å². The summed E-state index contributed by atoms with van der Waals surface area (Å²) in [5.41, 5.74) is 1.33. The molecule has 0 saturated carbocycles. The first-order chi connectivity index (χ1) is 5.85. The number of aliphatic hydroxyl groups excluding tert-OH is 1. The molecule has 1 nitrogen and oxygen atoms in total. The normalized spacial score (nSPS) is 8.58. The van der Waals surface area contributed by atoms with Crippen LogP contribution in [0.15, 0.2) is 30.3 Å². The van der Waals surface area contributed by atoms with Gasteiger partial charge < -0.3 is 5.11 Å². The van der Waals surface area contributed by atoms with E-state index in [1.165, 1.54) is 5.56 Å². The van der Waals surface area contributed by atoms with Crippen LogP contribution in [0.25, 0.3) is 0 Å². The fraction of sp³-hybridized carbons (Fsp3) is 0.333. The minimum atomic E-state index is 0.250. The molecule has 0 amide bonds. The fourth-order valence-corrected chi connectivity index (χ4v) is 1.44. The van der Waals surface area contributed by atoms with E-state index < -0.39 is 0 Å². The maximum atomic E-state index is 7.57. The minimum absolute atomic E-state index is 0.250. The first-order valence-corrected chi connectivity index (χ1v) is 5.80. The average molecular weight is 202 g/mol. The summed E-state index contributed by atoms with van der Waals surface area (Å²) in [5.74, 6) is 0.990. The molecule has 0 unspecified atom stereocenters. The van der Waals surface area contributed by atoms with Crippen LogP contribution in [0, 0.1) is 0 Å². The summed E-state index contributed by atoms with van der Waals surface area (Å²) in [5, 5.41) is 7.57. The van der Waals surface area contributed by atoms with Gasteiger partial charge in [-0.2, -0.15) is 0 Å². The summed E-state index contributed by atoms with van der Waals surface area (Å²) in [6, 6.07) is 10.3. The van der Waals surface area contributed by atoms with Crippen LogP contribution in [-0.4, -0.2) is 11.7 Å².